The fourth-order valence-electron chi connectivity index (χ4n) is 5.55. The Balaban J connectivity index is 0.00000561. The van der Waals surface area contributed by atoms with E-state index in [0.29, 0.717) is 5.52 Å². The van der Waals surface area contributed by atoms with Gasteiger partial charge in [0.2, 0.25) is 0 Å². The van der Waals surface area contributed by atoms with Gasteiger partial charge in [0.1, 0.15) is 48.5 Å². The monoisotopic (exact) mass is 808 g/mol. The van der Waals surface area contributed by atoms with E-state index >= 15 is 0 Å². The molecule has 286 valence electrons. The summed E-state index contributed by atoms with van der Waals surface area (Å²) in [5.41, 5.74) is 6.11. The van der Waals surface area contributed by atoms with Crippen LogP contribution in [0.25, 0.3) is 33.7 Å². The normalized spacial score (nSPS) is 22.8. The van der Waals surface area contributed by atoms with Crippen LogP contribution in [0, 0.1) is 13.8 Å². The summed E-state index contributed by atoms with van der Waals surface area (Å²) in [5.74, 6) is -0.212. The Morgan fingerprint density at radius 2 is 1.67 bits per heavy atom. The van der Waals surface area contributed by atoms with Crippen LogP contribution in [0.1, 0.15) is 17.4 Å². The summed E-state index contributed by atoms with van der Waals surface area (Å²) in [6.07, 6.45) is -9.93. The van der Waals surface area contributed by atoms with Crippen molar-refractivity contribution in [3.8, 4) is 11.5 Å². The second-order valence-electron chi connectivity index (χ2n) is 12.1. The number of hydrogen-bond donors (Lipinski definition) is 9. The van der Waals surface area contributed by atoms with Gasteiger partial charge in [-0.1, -0.05) is 0 Å². The summed E-state index contributed by atoms with van der Waals surface area (Å²) in [5, 5.41) is 53.0. The maximum Gasteiger partial charge on any atom is 1.00 e. The van der Waals surface area contributed by atoms with Gasteiger partial charge in [-0.05, 0) is 37.1 Å². The van der Waals surface area contributed by atoms with Crippen LogP contribution in [0.5, 0.6) is 0 Å². The molecule has 0 radical (unpaired) electrons. The first-order valence-corrected chi connectivity index (χ1v) is 18.4. The Hall–Kier alpha value is -3.13. The number of aliphatic hydroxyl groups is 5. The molecule has 2 aromatic heterocycles. The summed E-state index contributed by atoms with van der Waals surface area (Å²) in [6.45, 7) is 0.795. The Morgan fingerprint density at radius 3 is 2.39 bits per heavy atom. The number of benzene rings is 1. The standard InChI is InChI=1S/C27H33N9O15P2.Na/c1-10-3-12-13(4-11(10)2)35(24-18(32-12)25(42)34-27(43)33-24)5-14(37)19(39)15(38)6-48-52(44,45)51-53(46,47)49-7-16-20(40)21(41)26(50-16)36-9-31-17-22(28)29-8-30-23(17)36;/h3-4,8-9,14-16,19-21,26,37-41H,5-7H2,1-2H3,(H,44,45)(H,46,47)(H2,28,29,30)(H,34,42,43);/q;+1/t14?,15?,16-,19?,20-,21-,26-;/m1./s1. The minimum absolute atomic E-state index is 0. The molecular weight excluding hydrogens is 775 g/mol. The van der Waals surface area contributed by atoms with Crippen molar-refractivity contribution < 1.29 is 92.1 Å². The molecule has 0 bridgehead atoms. The van der Waals surface area contributed by atoms with Crippen molar-refractivity contribution in [2.75, 3.05) is 18.9 Å². The number of rotatable bonds is 13. The van der Waals surface area contributed by atoms with Gasteiger partial charge in [0.05, 0.1) is 37.1 Å². The molecule has 3 aromatic rings. The van der Waals surface area contributed by atoms with E-state index in [1.54, 1.807) is 26.0 Å². The van der Waals surface area contributed by atoms with E-state index < -0.39 is 89.5 Å². The third kappa shape index (κ3) is 8.64. The molecule has 24 nitrogen and oxygen atoms in total. The van der Waals surface area contributed by atoms with Crippen molar-refractivity contribution in [1.29, 1.82) is 0 Å². The molecule has 5 unspecified atom stereocenters. The van der Waals surface area contributed by atoms with Crippen molar-refractivity contribution in [3.05, 3.63) is 56.8 Å². The number of nitrogen functional groups attached to an aromatic ring is 1. The molecule has 5 heterocycles. The topological polar surface area (TPSA) is 363 Å². The molecule has 6 rings (SSSR count). The minimum Gasteiger partial charge on any atom is -0.388 e. The van der Waals surface area contributed by atoms with E-state index in [-0.39, 0.29) is 63.6 Å². The summed E-state index contributed by atoms with van der Waals surface area (Å²) >= 11 is 0. The Bertz CT molecular complexity index is 2360. The zero-order chi connectivity index (χ0) is 38.6. The maximum absolute atomic E-state index is 12.5. The SMILES string of the molecule is Cc1cc2nc3c(=O)[nH]c(=O)nc-3n(CC(O)C(O)C(O)COP(=O)(O)OP(=O)(O)OC[C@H]3O[C@@H](n4cnc5c(N)ncnc54)[C@H](O)[C@@H]3O)c2cc1C.[Na+]. The number of aryl methyl sites for hydroxylation is 2. The van der Waals surface area contributed by atoms with Crippen LogP contribution < -0.4 is 46.5 Å². The van der Waals surface area contributed by atoms with E-state index in [9.17, 15) is 54.0 Å². The number of imidazole rings is 1. The molecule has 1 saturated heterocycles. The molecule has 3 aliphatic rings. The molecule has 10 N–H and O–H groups in total. The van der Waals surface area contributed by atoms with Crippen LogP contribution in [0.4, 0.5) is 5.82 Å². The molecule has 0 aliphatic carbocycles. The van der Waals surface area contributed by atoms with Crippen LogP contribution in [0.2, 0.25) is 0 Å². The van der Waals surface area contributed by atoms with Crippen LogP contribution in [0.15, 0.2) is 34.4 Å². The average molecular weight is 809 g/mol. The van der Waals surface area contributed by atoms with Crippen molar-refractivity contribution in [1.82, 2.24) is 39.0 Å². The number of aromatic nitrogens is 8. The van der Waals surface area contributed by atoms with Gasteiger partial charge >= 0.3 is 50.9 Å². The number of nitrogens with zero attached hydrogens (tertiary/aromatic N) is 7. The summed E-state index contributed by atoms with van der Waals surface area (Å²) < 4.78 is 46.6. The molecule has 0 spiro atoms. The molecular formula is C27H33N9NaO15P2+. The van der Waals surface area contributed by atoms with Gasteiger partial charge in [0, 0.05) is 0 Å². The number of H-pyrrole nitrogens is 1. The molecule has 54 heavy (non-hydrogen) atoms. The molecule has 0 saturated carbocycles. The number of hydrogen-bond acceptors (Lipinski definition) is 19. The van der Waals surface area contributed by atoms with E-state index in [2.05, 4.69) is 33.8 Å². The molecule has 9 atom stereocenters. The van der Waals surface area contributed by atoms with Gasteiger partial charge in [-0.3, -0.25) is 23.4 Å². The maximum atomic E-state index is 12.5. The van der Waals surface area contributed by atoms with Crippen LogP contribution >= 0.6 is 15.6 Å². The van der Waals surface area contributed by atoms with Gasteiger partial charge in [-0.2, -0.15) is 9.29 Å². The Labute approximate surface area is 324 Å². The average Bonchev–Trinajstić information content (AvgIpc) is 3.63. The van der Waals surface area contributed by atoms with Crippen LogP contribution in [0.3, 0.4) is 0 Å². The van der Waals surface area contributed by atoms with Crippen molar-refractivity contribution in [3.63, 3.8) is 0 Å². The fraction of sp³-hybridized carbons (Fsp3) is 0.444. The number of aromatic amines is 1. The number of nitrogens with one attached hydrogen (secondary N) is 1. The Morgan fingerprint density at radius 1 is 0.981 bits per heavy atom. The minimum atomic E-state index is -5.54. The quantitative estimate of drug-likeness (QED) is 0.0304. The van der Waals surface area contributed by atoms with Crippen molar-refractivity contribution in [2.45, 2.75) is 63.2 Å². The number of ether oxygens (including phenoxy) is 1. The number of anilines is 1. The van der Waals surface area contributed by atoms with Gasteiger partial charge in [-0.25, -0.2) is 33.9 Å². The molecule has 1 fully saturated rings. The predicted octanol–water partition coefficient (Wildman–Crippen LogP) is -5.42. The summed E-state index contributed by atoms with van der Waals surface area (Å²) in [6, 6.07) is 3.29. The first-order valence-electron chi connectivity index (χ1n) is 15.4. The zero-order valence-electron chi connectivity index (χ0n) is 28.5. The van der Waals surface area contributed by atoms with E-state index in [4.69, 9.17) is 15.0 Å². The number of fused-ring (bicyclic) bond motifs is 3. The smallest absolute Gasteiger partial charge is 0.388 e. The van der Waals surface area contributed by atoms with Crippen LogP contribution in [-0.2, 0) is 33.8 Å². The summed E-state index contributed by atoms with van der Waals surface area (Å²) in [7, 11) is -11.0. The van der Waals surface area contributed by atoms with Crippen molar-refractivity contribution in [2.24, 2.45) is 0 Å². The van der Waals surface area contributed by atoms with Gasteiger partial charge < -0.3 is 50.4 Å². The number of nitrogens with two attached hydrogens (primary N) is 1. The fourth-order valence-corrected chi connectivity index (χ4v) is 7.65. The van der Waals surface area contributed by atoms with Gasteiger partial charge in [0.25, 0.3) is 5.56 Å². The third-order valence-electron chi connectivity index (χ3n) is 8.40. The third-order valence-corrected chi connectivity index (χ3v) is 11.0. The van der Waals surface area contributed by atoms with Crippen molar-refractivity contribution >= 4 is 43.7 Å². The van der Waals surface area contributed by atoms with E-state index in [0.717, 1.165) is 17.5 Å². The largest absolute Gasteiger partial charge is 1.00 e. The first kappa shape index (κ1) is 42.0. The molecule has 1 aromatic carbocycles. The second kappa shape index (κ2) is 16.2. The van der Waals surface area contributed by atoms with Gasteiger partial charge in [-0.15, -0.1) is 0 Å². The summed E-state index contributed by atoms with van der Waals surface area (Å²) in [4.78, 5) is 66.6. The molecule has 27 heteroatoms. The molecule has 3 aliphatic heterocycles. The zero-order valence-corrected chi connectivity index (χ0v) is 32.3. The second-order valence-corrected chi connectivity index (χ2v) is 15.1. The number of phosphoric acid groups is 2. The first-order chi connectivity index (χ1) is 24.9. The van der Waals surface area contributed by atoms with E-state index in [1.807, 2.05) is 4.98 Å². The number of phosphoric ester groups is 2. The molecule has 0 amide bonds. The number of aliphatic hydroxyl groups excluding tert-OH is 5. The Kier molecular flexibility index (Phi) is 12.6. The van der Waals surface area contributed by atoms with Gasteiger partial charge in [0.15, 0.2) is 29.2 Å². The van der Waals surface area contributed by atoms with E-state index in [1.165, 1.54) is 15.5 Å². The predicted molar refractivity (Wildman–Crippen MR) is 177 cm³/mol. The van der Waals surface area contributed by atoms with Crippen LogP contribution in [-0.4, -0.2) is 124 Å².